The highest BCUT2D eigenvalue weighted by molar-refractivity contribution is 5.95. The fourth-order valence-electron chi connectivity index (χ4n) is 1.86. The van der Waals surface area contributed by atoms with E-state index in [2.05, 4.69) is 24.4 Å². The number of hydrogen-bond acceptors (Lipinski definition) is 2. The molecule has 18 heavy (non-hydrogen) atoms. The molecule has 0 aliphatic heterocycles. The van der Waals surface area contributed by atoms with Crippen LogP contribution in [0.5, 0.6) is 0 Å². The highest BCUT2D eigenvalue weighted by Gasteiger charge is 2.12. The molecule has 2 rings (SSSR count). The molecule has 0 saturated heterocycles. The second-order valence-corrected chi connectivity index (χ2v) is 4.41. The summed E-state index contributed by atoms with van der Waals surface area (Å²) in [6, 6.07) is 11.8. The Morgan fingerprint density at radius 1 is 1.28 bits per heavy atom. The van der Waals surface area contributed by atoms with E-state index in [1.54, 1.807) is 13.0 Å². The number of carbonyl (C=O) groups is 1. The lowest BCUT2D eigenvalue weighted by molar-refractivity contribution is 0.0950. The van der Waals surface area contributed by atoms with Gasteiger partial charge in [0.15, 0.2) is 0 Å². The lowest BCUT2D eigenvalue weighted by Crippen LogP contribution is -2.27. The SMILES string of the molecule is Cc1occc1C(=O)NC[C@@H](C)c1ccccc1. The number of carbonyl (C=O) groups excluding carboxylic acids is 1. The molecule has 0 radical (unpaired) electrons. The summed E-state index contributed by atoms with van der Waals surface area (Å²) in [4.78, 5) is 11.9. The molecule has 1 amide bonds. The van der Waals surface area contributed by atoms with E-state index in [-0.39, 0.29) is 5.91 Å². The van der Waals surface area contributed by atoms with Crippen LogP contribution in [0.1, 0.15) is 34.5 Å². The number of benzene rings is 1. The fourth-order valence-corrected chi connectivity index (χ4v) is 1.86. The van der Waals surface area contributed by atoms with E-state index >= 15 is 0 Å². The smallest absolute Gasteiger partial charge is 0.254 e. The number of aryl methyl sites for hydroxylation is 1. The molecule has 3 heteroatoms. The van der Waals surface area contributed by atoms with E-state index in [1.807, 2.05) is 18.2 Å². The van der Waals surface area contributed by atoms with E-state index in [0.29, 0.717) is 23.8 Å². The van der Waals surface area contributed by atoms with Crippen molar-refractivity contribution >= 4 is 5.91 Å². The third-order valence-electron chi connectivity index (χ3n) is 3.04. The van der Waals surface area contributed by atoms with Crippen molar-refractivity contribution in [1.82, 2.24) is 5.32 Å². The summed E-state index contributed by atoms with van der Waals surface area (Å²) >= 11 is 0. The van der Waals surface area contributed by atoms with Crippen molar-refractivity contribution in [2.75, 3.05) is 6.54 Å². The quantitative estimate of drug-likeness (QED) is 0.896. The molecule has 0 fully saturated rings. The van der Waals surface area contributed by atoms with Crippen LogP contribution < -0.4 is 5.32 Å². The normalized spacial score (nSPS) is 12.1. The van der Waals surface area contributed by atoms with Crippen LogP contribution in [0.4, 0.5) is 0 Å². The Labute approximate surface area is 107 Å². The molecule has 0 aliphatic carbocycles. The summed E-state index contributed by atoms with van der Waals surface area (Å²) in [6.45, 7) is 4.50. The molecule has 0 aliphatic rings. The summed E-state index contributed by atoms with van der Waals surface area (Å²) in [6.07, 6.45) is 1.53. The van der Waals surface area contributed by atoms with Crippen molar-refractivity contribution in [2.24, 2.45) is 0 Å². The predicted molar refractivity (Wildman–Crippen MR) is 70.6 cm³/mol. The average molecular weight is 243 g/mol. The first-order chi connectivity index (χ1) is 8.68. The van der Waals surface area contributed by atoms with E-state index < -0.39 is 0 Å². The van der Waals surface area contributed by atoms with Crippen LogP contribution in [0.25, 0.3) is 0 Å². The number of amides is 1. The average Bonchev–Trinajstić information content (AvgIpc) is 2.83. The van der Waals surface area contributed by atoms with E-state index in [9.17, 15) is 4.79 Å². The summed E-state index contributed by atoms with van der Waals surface area (Å²) in [5.74, 6) is 0.867. The molecule has 1 heterocycles. The zero-order valence-corrected chi connectivity index (χ0v) is 10.6. The van der Waals surface area contributed by atoms with Gasteiger partial charge in [0.2, 0.25) is 0 Å². The standard InChI is InChI=1S/C15H17NO2/c1-11(13-6-4-3-5-7-13)10-16-15(17)14-8-9-18-12(14)2/h3-9,11H,10H2,1-2H3,(H,16,17)/t11-/m1/s1. The second-order valence-electron chi connectivity index (χ2n) is 4.41. The molecular formula is C15H17NO2. The Bertz CT molecular complexity index is 516. The van der Waals surface area contributed by atoms with Crippen molar-refractivity contribution in [1.29, 1.82) is 0 Å². The van der Waals surface area contributed by atoms with Gasteiger partial charge in [0, 0.05) is 6.54 Å². The van der Waals surface area contributed by atoms with E-state index in [4.69, 9.17) is 4.42 Å². The van der Waals surface area contributed by atoms with Crippen LogP contribution in [-0.2, 0) is 0 Å². The van der Waals surface area contributed by atoms with Crippen molar-refractivity contribution in [3.8, 4) is 0 Å². The van der Waals surface area contributed by atoms with Gasteiger partial charge in [-0.05, 0) is 24.5 Å². The molecule has 1 N–H and O–H groups in total. The third-order valence-corrected chi connectivity index (χ3v) is 3.04. The van der Waals surface area contributed by atoms with Gasteiger partial charge in [0.1, 0.15) is 5.76 Å². The van der Waals surface area contributed by atoms with Crippen LogP contribution in [0.3, 0.4) is 0 Å². The molecule has 1 atom stereocenters. The lowest BCUT2D eigenvalue weighted by atomic mass is 10.0. The molecule has 1 aromatic carbocycles. The monoisotopic (exact) mass is 243 g/mol. The summed E-state index contributed by atoms with van der Waals surface area (Å²) in [5, 5.41) is 2.93. The first kappa shape index (κ1) is 12.4. The summed E-state index contributed by atoms with van der Waals surface area (Å²) in [5.41, 5.74) is 1.83. The summed E-state index contributed by atoms with van der Waals surface area (Å²) in [7, 11) is 0. The largest absolute Gasteiger partial charge is 0.469 e. The lowest BCUT2D eigenvalue weighted by Gasteiger charge is -2.12. The number of hydrogen-bond donors (Lipinski definition) is 1. The van der Waals surface area contributed by atoms with Gasteiger partial charge < -0.3 is 9.73 Å². The summed E-state index contributed by atoms with van der Waals surface area (Å²) < 4.78 is 5.12. The van der Waals surface area contributed by atoms with Crippen molar-refractivity contribution < 1.29 is 9.21 Å². The molecule has 2 aromatic rings. The minimum absolute atomic E-state index is 0.0796. The van der Waals surface area contributed by atoms with Gasteiger partial charge in [0.05, 0.1) is 11.8 Å². The molecule has 94 valence electrons. The Morgan fingerprint density at radius 3 is 2.61 bits per heavy atom. The minimum Gasteiger partial charge on any atom is -0.469 e. The Morgan fingerprint density at radius 2 is 2.00 bits per heavy atom. The second kappa shape index (κ2) is 5.54. The van der Waals surface area contributed by atoms with Crippen molar-refractivity contribution in [3.05, 3.63) is 59.5 Å². The molecule has 0 saturated carbocycles. The predicted octanol–water partition coefficient (Wildman–Crippen LogP) is 3.12. The number of rotatable bonds is 4. The van der Waals surface area contributed by atoms with Gasteiger partial charge in [-0.3, -0.25) is 4.79 Å². The van der Waals surface area contributed by atoms with E-state index in [0.717, 1.165) is 0 Å². The van der Waals surface area contributed by atoms with Crippen molar-refractivity contribution in [3.63, 3.8) is 0 Å². The van der Waals surface area contributed by atoms with Crippen molar-refractivity contribution in [2.45, 2.75) is 19.8 Å². The Kier molecular flexibility index (Phi) is 3.82. The van der Waals surface area contributed by atoms with Gasteiger partial charge in [0.25, 0.3) is 5.91 Å². The highest BCUT2D eigenvalue weighted by Crippen LogP contribution is 2.14. The van der Waals surface area contributed by atoms with Crippen LogP contribution in [0, 0.1) is 6.92 Å². The Hall–Kier alpha value is -2.03. The topological polar surface area (TPSA) is 42.2 Å². The minimum atomic E-state index is -0.0796. The molecule has 3 nitrogen and oxygen atoms in total. The molecule has 1 aromatic heterocycles. The zero-order chi connectivity index (χ0) is 13.0. The first-order valence-electron chi connectivity index (χ1n) is 6.05. The van der Waals surface area contributed by atoms with E-state index in [1.165, 1.54) is 11.8 Å². The van der Waals surface area contributed by atoms with Crippen LogP contribution in [0.15, 0.2) is 47.1 Å². The van der Waals surface area contributed by atoms with Crippen LogP contribution in [0.2, 0.25) is 0 Å². The van der Waals surface area contributed by atoms with Gasteiger partial charge in [-0.2, -0.15) is 0 Å². The molecule has 0 spiro atoms. The fraction of sp³-hybridized carbons (Fsp3) is 0.267. The zero-order valence-electron chi connectivity index (χ0n) is 10.6. The maximum Gasteiger partial charge on any atom is 0.254 e. The van der Waals surface area contributed by atoms with Gasteiger partial charge >= 0.3 is 0 Å². The first-order valence-corrected chi connectivity index (χ1v) is 6.05. The number of furan rings is 1. The third kappa shape index (κ3) is 2.80. The maximum atomic E-state index is 11.9. The maximum absolute atomic E-state index is 11.9. The molecule has 0 unspecified atom stereocenters. The van der Waals surface area contributed by atoms with Gasteiger partial charge in [-0.15, -0.1) is 0 Å². The highest BCUT2D eigenvalue weighted by atomic mass is 16.3. The molecule has 0 bridgehead atoms. The number of nitrogens with one attached hydrogen (secondary N) is 1. The Balaban J connectivity index is 1.93. The molecular weight excluding hydrogens is 226 g/mol. The van der Waals surface area contributed by atoms with Crippen LogP contribution in [-0.4, -0.2) is 12.5 Å². The van der Waals surface area contributed by atoms with Gasteiger partial charge in [-0.25, -0.2) is 0 Å². The van der Waals surface area contributed by atoms with Crippen LogP contribution >= 0.6 is 0 Å². The van der Waals surface area contributed by atoms with Gasteiger partial charge in [-0.1, -0.05) is 37.3 Å².